The zero-order valence-corrected chi connectivity index (χ0v) is 11.5. The second kappa shape index (κ2) is 7.53. The van der Waals surface area contributed by atoms with Crippen LogP contribution in [0.1, 0.15) is 37.6 Å². The minimum atomic E-state index is -0.603. The number of benzene rings is 1. The van der Waals surface area contributed by atoms with E-state index >= 15 is 0 Å². The van der Waals surface area contributed by atoms with Gasteiger partial charge >= 0.3 is 11.9 Å². The Hall–Kier alpha value is -1.88. The van der Waals surface area contributed by atoms with Crippen LogP contribution in [0, 0.1) is 5.92 Å². The van der Waals surface area contributed by atoms with E-state index < -0.39 is 11.9 Å². The second-order valence-electron chi connectivity index (χ2n) is 4.53. The Morgan fingerprint density at radius 3 is 2.37 bits per heavy atom. The molecule has 1 aromatic rings. The van der Waals surface area contributed by atoms with Gasteiger partial charge in [-0.15, -0.1) is 0 Å². The highest BCUT2D eigenvalue weighted by Crippen LogP contribution is 2.08. The van der Waals surface area contributed by atoms with Gasteiger partial charge in [0.25, 0.3) is 0 Å². The Morgan fingerprint density at radius 2 is 1.84 bits per heavy atom. The van der Waals surface area contributed by atoms with Crippen LogP contribution in [0.2, 0.25) is 0 Å². The first-order valence-corrected chi connectivity index (χ1v) is 6.21. The molecule has 0 bridgehead atoms. The summed E-state index contributed by atoms with van der Waals surface area (Å²) in [5.41, 5.74) is 0.397. The van der Waals surface area contributed by atoms with Gasteiger partial charge in [0.1, 0.15) is 0 Å². The van der Waals surface area contributed by atoms with Gasteiger partial charge in [-0.3, -0.25) is 4.79 Å². The monoisotopic (exact) mass is 265 g/mol. The molecule has 0 aliphatic rings. The van der Waals surface area contributed by atoms with Crippen molar-refractivity contribution >= 4 is 11.9 Å². The molecule has 0 atom stereocenters. The van der Waals surface area contributed by atoms with Crippen LogP contribution < -0.4 is 0 Å². The van der Waals surface area contributed by atoms with E-state index in [0.717, 1.165) is 6.42 Å². The molecule has 5 heteroatoms. The molecule has 0 aliphatic carbocycles. The predicted octanol–water partition coefficient (Wildman–Crippen LogP) is 2.58. The van der Waals surface area contributed by atoms with Crippen LogP contribution >= 0.6 is 0 Å². The third-order valence-electron chi connectivity index (χ3n) is 2.30. The minimum Gasteiger partial charge on any atom is -0.312 e. The zero-order valence-electron chi connectivity index (χ0n) is 11.5. The van der Waals surface area contributed by atoms with Crippen molar-refractivity contribution in [1.29, 1.82) is 0 Å². The summed E-state index contributed by atoms with van der Waals surface area (Å²) >= 11 is 0. The van der Waals surface area contributed by atoms with Gasteiger partial charge in [0, 0.05) is 12.5 Å². The fourth-order valence-electron chi connectivity index (χ4n) is 1.30. The quantitative estimate of drug-likeness (QED) is 0.768. The molecule has 0 radical (unpaired) electrons. The number of amides is 1. The molecule has 0 saturated heterocycles. The lowest BCUT2D eigenvalue weighted by molar-refractivity contribution is -0.307. The predicted molar refractivity (Wildman–Crippen MR) is 69.8 cm³/mol. The summed E-state index contributed by atoms with van der Waals surface area (Å²) in [6.07, 6.45) is 0.764. The lowest BCUT2D eigenvalue weighted by Crippen LogP contribution is -2.33. The second-order valence-corrected chi connectivity index (χ2v) is 4.53. The van der Waals surface area contributed by atoms with Gasteiger partial charge in [0.2, 0.25) is 0 Å². The molecule has 0 fully saturated rings. The van der Waals surface area contributed by atoms with Gasteiger partial charge in [-0.2, -0.15) is 0 Å². The van der Waals surface area contributed by atoms with Crippen molar-refractivity contribution in [2.24, 2.45) is 5.92 Å². The Balaban J connectivity index is 2.67. The summed E-state index contributed by atoms with van der Waals surface area (Å²) in [5.74, 6) is -0.667. The van der Waals surface area contributed by atoms with Crippen molar-refractivity contribution in [3.8, 4) is 0 Å². The van der Waals surface area contributed by atoms with Gasteiger partial charge in [0.15, 0.2) is 0 Å². The number of carbonyl (C=O) groups is 2. The fraction of sp³-hybridized carbons (Fsp3) is 0.429. The summed E-state index contributed by atoms with van der Waals surface area (Å²) in [4.78, 5) is 33.1. The van der Waals surface area contributed by atoms with E-state index in [1.54, 1.807) is 30.3 Å². The number of hydrogen-bond donors (Lipinski definition) is 0. The number of hydrogen-bond acceptors (Lipinski definition) is 4. The molecule has 0 spiro atoms. The van der Waals surface area contributed by atoms with Gasteiger partial charge in [-0.05, 0) is 29.7 Å². The lowest BCUT2D eigenvalue weighted by atomic mass is 10.1. The molecule has 0 saturated carbocycles. The summed E-state index contributed by atoms with van der Waals surface area (Å²) in [6, 6.07) is 8.52. The largest absolute Gasteiger partial charge is 0.332 e. The van der Waals surface area contributed by atoms with E-state index in [4.69, 9.17) is 9.68 Å². The molecular formula is C14H19NO4. The van der Waals surface area contributed by atoms with Crippen LogP contribution in [0.25, 0.3) is 0 Å². The Morgan fingerprint density at radius 1 is 1.21 bits per heavy atom. The molecule has 1 amide bonds. The van der Waals surface area contributed by atoms with Crippen LogP contribution in [-0.2, 0) is 14.5 Å². The first kappa shape index (κ1) is 15.2. The first-order chi connectivity index (χ1) is 9.00. The molecule has 5 nitrogen and oxygen atoms in total. The molecule has 1 aromatic carbocycles. The highest BCUT2D eigenvalue weighted by molar-refractivity contribution is 5.93. The van der Waals surface area contributed by atoms with Gasteiger partial charge in [-0.25, -0.2) is 9.63 Å². The van der Waals surface area contributed by atoms with Crippen molar-refractivity contribution in [2.75, 3.05) is 6.61 Å². The zero-order chi connectivity index (χ0) is 14.3. The standard InChI is InChI=1S/C14H19NO4/c1-11(2)9-10-18-15(19-12(3)16)14(17)13-7-5-4-6-8-13/h4-8,11H,9-10H2,1-3H3. The molecule has 104 valence electrons. The van der Waals surface area contributed by atoms with Gasteiger partial charge in [0.05, 0.1) is 6.61 Å². The van der Waals surface area contributed by atoms with E-state index in [-0.39, 0.29) is 0 Å². The molecule has 1 rings (SSSR count). The van der Waals surface area contributed by atoms with E-state index in [1.807, 2.05) is 13.8 Å². The van der Waals surface area contributed by atoms with Crippen LogP contribution in [0.3, 0.4) is 0 Å². The Labute approximate surface area is 113 Å². The summed E-state index contributed by atoms with van der Waals surface area (Å²) in [5, 5.41) is 0.653. The van der Waals surface area contributed by atoms with Crippen LogP contribution in [0.5, 0.6) is 0 Å². The number of hydroxylamine groups is 2. The van der Waals surface area contributed by atoms with Crippen LogP contribution in [0.4, 0.5) is 0 Å². The normalized spacial score (nSPS) is 10.3. The number of nitrogens with zero attached hydrogens (tertiary/aromatic N) is 1. The summed E-state index contributed by atoms with van der Waals surface area (Å²) in [7, 11) is 0. The Kier molecular flexibility index (Phi) is 6.02. The number of carbonyl (C=O) groups excluding carboxylic acids is 2. The highest BCUT2D eigenvalue weighted by atomic mass is 17.0. The maximum Gasteiger partial charge on any atom is 0.332 e. The van der Waals surface area contributed by atoms with Gasteiger partial charge < -0.3 is 4.84 Å². The smallest absolute Gasteiger partial charge is 0.312 e. The Bertz CT molecular complexity index is 417. The molecule has 0 N–H and O–H groups in total. The lowest BCUT2D eigenvalue weighted by Gasteiger charge is -2.19. The van der Waals surface area contributed by atoms with E-state index in [2.05, 4.69) is 0 Å². The summed E-state index contributed by atoms with van der Waals surface area (Å²) in [6.45, 7) is 5.61. The highest BCUT2D eigenvalue weighted by Gasteiger charge is 2.20. The fourth-order valence-corrected chi connectivity index (χ4v) is 1.30. The average Bonchev–Trinajstić information content (AvgIpc) is 2.37. The maximum atomic E-state index is 12.1. The van der Waals surface area contributed by atoms with Crippen LogP contribution in [-0.4, -0.2) is 23.7 Å². The molecule has 0 unspecified atom stereocenters. The minimum absolute atomic E-state index is 0.309. The molecule has 0 heterocycles. The molecular weight excluding hydrogens is 246 g/mol. The van der Waals surface area contributed by atoms with Crippen LogP contribution in [0.15, 0.2) is 30.3 Å². The van der Waals surface area contributed by atoms with Crippen molar-refractivity contribution in [1.82, 2.24) is 5.23 Å². The first-order valence-electron chi connectivity index (χ1n) is 6.21. The maximum absolute atomic E-state index is 12.1. The molecule has 19 heavy (non-hydrogen) atoms. The average molecular weight is 265 g/mol. The third kappa shape index (κ3) is 5.52. The van der Waals surface area contributed by atoms with Crippen molar-refractivity contribution in [3.05, 3.63) is 35.9 Å². The van der Waals surface area contributed by atoms with E-state index in [0.29, 0.717) is 23.3 Å². The number of rotatable bonds is 5. The van der Waals surface area contributed by atoms with E-state index in [1.165, 1.54) is 6.92 Å². The summed E-state index contributed by atoms with van der Waals surface area (Å²) < 4.78 is 0. The van der Waals surface area contributed by atoms with Gasteiger partial charge in [-0.1, -0.05) is 32.0 Å². The third-order valence-corrected chi connectivity index (χ3v) is 2.30. The SMILES string of the molecule is CC(=O)ON(OCCC(C)C)C(=O)c1ccccc1. The van der Waals surface area contributed by atoms with Crippen molar-refractivity contribution in [3.63, 3.8) is 0 Å². The molecule has 0 aliphatic heterocycles. The van der Waals surface area contributed by atoms with Crippen molar-refractivity contribution in [2.45, 2.75) is 27.2 Å². The topological polar surface area (TPSA) is 55.8 Å². The molecule has 0 aromatic heterocycles. The van der Waals surface area contributed by atoms with Crippen molar-refractivity contribution < 1.29 is 19.3 Å². The van der Waals surface area contributed by atoms with E-state index in [9.17, 15) is 9.59 Å².